The molecule has 10 heteroatoms. The zero-order valence-electron chi connectivity index (χ0n) is 20.1. The van der Waals surface area contributed by atoms with E-state index in [0.29, 0.717) is 24.7 Å². The van der Waals surface area contributed by atoms with Gasteiger partial charge in [0.2, 0.25) is 0 Å². The van der Waals surface area contributed by atoms with Crippen molar-refractivity contribution in [3.8, 4) is 5.69 Å². The molecule has 0 aliphatic carbocycles. The summed E-state index contributed by atoms with van der Waals surface area (Å²) in [4.78, 5) is 28.4. The normalized spacial score (nSPS) is 18.8. The summed E-state index contributed by atoms with van der Waals surface area (Å²) in [7, 11) is 0. The van der Waals surface area contributed by atoms with Gasteiger partial charge in [-0.2, -0.15) is 0 Å². The third-order valence-corrected chi connectivity index (χ3v) is 7.13. The number of rotatable bonds is 7. The van der Waals surface area contributed by atoms with Gasteiger partial charge in [0, 0.05) is 43.1 Å². The highest BCUT2D eigenvalue weighted by Crippen LogP contribution is 2.35. The van der Waals surface area contributed by atoms with Crippen molar-refractivity contribution < 1.29 is 9.90 Å². The zero-order valence-corrected chi connectivity index (χ0v) is 20.1. The van der Waals surface area contributed by atoms with Crippen LogP contribution in [0.1, 0.15) is 31.7 Å². The number of hydrogen-bond acceptors (Lipinski definition) is 7. The molecule has 2 aliphatic rings. The lowest BCUT2D eigenvalue weighted by atomic mass is 10.1. The number of nitrogens with one attached hydrogen (secondary N) is 1. The van der Waals surface area contributed by atoms with Crippen LogP contribution in [0, 0.1) is 0 Å². The van der Waals surface area contributed by atoms with E-state index in [9.17, 15) is 9.90 Å². The van der Waals surface area contributed by atoms with Gasteiger partial charge in [-0.05, 0) is 43.0 Å². The van der Waals surface area contributed by atoms with Crippen LogP contribution in [0.25, 0.3) is 16.6 Å². The van der Waals surface area contributed by atoms with E-state index in [1.54, 1.807) is 29.7 Å². The predicted molar refractivity (Wildman–Crippen MR) is 137 cm³/mol. The number of aromatic nitrogens is 5. The number of fused-ring (bicyclic) bond motifs is 3. The van der Waals surface area contributed by atoms with Crippen molar-refractivity contribution in [2.75, 3.05) is 23.3 Å². The van der Waals surface area contributed by atoms with E-state index in [0.717, 1.165) is 48.1 Å². The monoisotopic (exact) mass is 484 g/mol. The molecule has 1 amide bonds. The van der Waals surface area contributed by atoms with Crippen LogP contribution in [0.5, 0.6) is 0 Å². The molecule has 0 spiro atoms. The fourth-order valence-corrected chi connectivity index (χ4v) is 5.35. The molecule has 2 atom stereocenters. The molecule has 2 N–H and O–H groups in total. The van der Waals surface area contributed by atoms with Crippen molar-refractivity contribution >= 4 is 34.4 Å². The van der Waals surface area contributed by atoms with Gasteiger partial charge in [-0.25, -0.2) is 19.4 Å². The number of nitrogens with zero attached hydrogens (tertiary/aromatic N) is 7. The number of aryl methyl sites for hydroxylation is 1. The molecular formula is C26H28N8O2. The minimum atomic E-state index is -0.839. The maximum absolute atomic E-state index is 11.5. The number of carbonyl (C=O) groups is 1. The molecule has 3 aromatic heterocycles. The van der Waals surface area contributed by atoms with Crippen molar-refractivity contribution in [2.45, 2.75) is 44.7 Å². The highest BCUT2D eigenvalue weighted by atomic mass is 16.4. The maximum Gasteiger partial charge on any atom is 0.407 e. The molecule has 6 rings (SSSR count). The summed E-state index contributed by atoms with van der Waals surface area (Å²) in [5.74, 6) is 2.19. The van der Waals surface area contributed by atoms with Gasteiger partial charge in [0.15, 0.2) is 5.82 Å². The van der Waals surface area contributed by atoms with E-state index < -0.39 is 6.09 Å². The Bertz CT molecular complexity index is 1410. The lowest BCUT2D eigenvalue weighted by Crippen LogP contribution is -2.48. The van der Waals surface area contributed by atoms with Crippen molar-refractivity contribution in [2.24, 2.45) is 0 Å². The number of likely N-dealkylation sites (tertiary alicyclic amines) is 1. The molecule has 0 saturated carbocycles. The Morgan fingerprint density at radius 3 is 2.78 bits per heavy atom. The molecular weight excluding hydrogens is 456 g/mol. The largest absolute Gasteiger partial charge is 0.465 e. The van der Waals surface area contributed by atoms with Crippen LogP contribution in [-0.4, -0.2) is 66.0 Å². The standard InChI is InChI=1S/C26H28N8O2/c1-2-3-4-17-5-6-21-22(11-17)34(31-25(21)30-23-14-27-9-10-28-23)18-7-8-29-24(13-18)32-15-20-12-19(32)16-33(20)26(35)36/h5-11,13-14,19-20H,2-4,12,15-16H2,1H3,(H,35,36)(H,28,30,31)/t19-,20-/m0/s1. The first-order chi connectivity index (χ1) is 17.6. The molecule has 2 aliphatic heterocycles. The Hall–Kier alpha value is -4.21. The molecule has 0 unspecified atom stereocenters. The van der Waals surface area contributed by atoms with Crippen LogP contribution in [-0.2, 0) is 6.42 Å². The first-order valence-corrected chi connectivity index (χ1v) is 12.4. The second-order valence-electron chi connectivity index (χ2n) is 9.43. The fourth-order valence-electron chi connectivity index (χ4n) is 5.35. The van der Waals surface area contributed by atoms with E-state index in [-0.39, 0.29) is 12.1 Å². The lowest BCUT2D eigenvalue weighted by molar-refractivity contribution is 0.137. The molecule has 4 aromatic rings. The number of piperazine rings is 1. The third-order valence-electron chi connectivity index (χ3n) is 7.13. The Labute approximate surface area is 208 Å². The van der Waals surface area contributed by atoms with Gasteiger partial charge in [-0.15, -0.1) is 5.10 Å². The number of pyridine rings is 1. The number of anilines is 3. The molecule has 10 nitrogen and oxygen atoms in total. The lowest BCUT2D eigenvalue weighted by Gasteiger charge is -2.33. The minimum Gasteiger partial charge on any atom is -0.465 e. The second-order valence-corrected chi connectivity index (χ2v) is 9.43. The average molecular weight is 485 g/mol. The average Bonchev–Trinajstić information content (AvgIpc) is 3.61. The van der Waals surface area contributed by atoms with Crippen LogP contribution >= 0.6 is 0 Å². The number of amides is 1. The predicted octanol–water partition coefficient (Wildman–Crippen LogP) is 4.24. The van der Waals surface area contributed by atoms with Gasteiger partial charge in [0.25, 0.3) is 0 Å². The molecule has 1 aromatic carbocycles. The SMILES string of the molecule is CCCCc1ccc2c(Nc3cnccn3)nn(-c3ccnc(N4C[C@@H]5C[C@H]4CN5C(=O)O)c3)c2c1. The topological polar surface area (TPSA) is 112 Å². The molecule has 0 radical (unpaired) electrons. The maximum atomic E-state index is 11.5. The Balaban J connectivity index is 1.37. The summed E-state index contributed by atoms with van der Waals surface area (Å²) >= 11 is 0. The fraction of sp³-hybridized carbons (Fsp3) is 0.346. The number of unbranched alkanes of at least 4 members (excludes halogenated alkanes) is 1. The van der Waals surface area contributed by atoms with Crippen LogP contribution in [0.15, 0.2) is 55.1 Å². The smallest absolute Gasteiger partial charge is 0.407 e. The summed E-state index contributed by atoms with van der Waals surface area (Å²) in [5.41, 5.74) is 3.19. The van der Waals surface area contributed by atoms with E-state index >= 15 is 0 Å². The molecule has 2 fully saturated rings. The Morgan fingerprint density at radius 1 is 1.11 bits per heavy atom. The molecule has 5 heterocycles. The Morgan fingerprint density at radius 2 is 2.03 bits per heavy atom. The zero-order chi connectivity index (χ0) is 24.6. The summed E-state index contributed by atoms with van der Waals surface area (Å²) in [6.07, 6.45) is 10.1. The first kappa shape index (κ1) is 22.3. The van der Waals surface area contributed by atoms with Gasteiger partial charge < -0.3 is 20.2 Å². The summed E-state index contributed by atoms with van der Waals surface area (Å²) in [5, 5.41) is 18.7. The summed E-state index contributed by atoms with van der Waals surface area (Å²) in [6, 6.07) is 10.7. The summed E-state index contributed by atoms with van der Waals surface area (Å²) < 4.78 is 1.95. The highest BCUT2D eigenvalue weighted by Gasteiger charge is 2.45. The van der Waals surface area contributed by atoms with Gasteiger partial charge in [-0.1, -0.05) is 19.4 Å². The van der Waals surface area contributed by atoms with Crippen LogP contribution in [0.3, 0.4) is 0 Å². The van der Waals surface area contributed by atoms with Gasteiger partial charge >= 0.3 is 6.09 Å². The van der Waals surface area contributed by atoms with Crippen molar-refractivity contribution in [1.82, 2.24) is 29.6 Å². The van der Waals surface area contributed by atoms with Gasteiger partial charge in [0.05, 0.1) is 29.5 Å². The third kappa shape index (κ3) is 3.98. The van der Waals surface area contributed by atoms with Crippen molar-refractivity contribution in [3.05, 3.63) is 60.7 Å². The molecule has 2 bridgehead atoms. The highest BCUT2D eigenvalue weighted by molar-refractivity contribution is 5.93. The van der Waals surface area contributed by atoms with Gasteiger partial charge in [0.1, 0.15) is 11.6 Å². The number of hydrogen-bond donors (Lipinski definition) is 2. The van der Waals surface area contributed by atoms with E-state index in [4.69, 9.17) is 5.10 Å². The van der Waals surface area contributed by atoms with E-state index in [2.05, 4.69) is 50.3 Å². The van der Waals surface area contributed by atoms with E-state index in [1.807, 2.05) is 16.8 Å². The molecule has 36 heavy (non-hydrogen) atoms. The van der Waals surface area contributed by atoms with Crippen molar-refractivity contribution in [3.63, 3.8) is 0 Å². The number of carboxylic acid groups (broad SMARTS) is 1. The van der Waals surface area contributed by atoms with Crippen molar-refractivity contribution in [1.29, 1.82) is 0 Å². The van der Waals surface area contributed by atoms with Gasteiger partial charge in [-0.3, -0.25) is 4.98 Å². The molecule has 184 valence electrons. The van der Waals surface area contributed by atoms with Crippen LogP contribution in [0.2, 0.25) is 0 Å². The quantitative estimate of drug-likeness (QED) is 0.401. The van der Waals surface area contributed by atoms with Crippen LogP contribution in [0.4, 0.5) is 22.2 Å². The molecule has 2 saturated heterocycles. The van der Waals surface area contributed by atoms with Crippen LogP contribution < -0.4 is 10.2 Å². The Kier molecular flexibility index (Phi) is 5.63. The second kappa shape index (κ2) is 9.10. The summed E-state index contributed by atoms with van der Waals surface area (Å²) in [6.45, 7) is 3.38. The number of benzene rings is 1. The van der Waals surface area contributed by atoms with E-state index in [1.165, 1.54) is 5.56 Å². The minimum absolute atomic E-state index is 0.0207. The first-order valence-electron chi connectivity index (χ1n) is 12.4.